The van der Waals surface area contributed by atoms with Crippen LogP contribution in [0, 0.1) is 0 Å². The van der Waals surface area contributed by atoms with Crippen LogP contribution in [0.3, 0.4) is 0 Å². The third kappa shape index (κ3) is 3.59. The van der Waals surface area contributed by atoms with Crippen LogP contribution < -0.4 is 0 Å². The zero-order valence-corrected chi connectivity index (χ0v) is 24.8. The Morgan fingerprint density at radius 3 is 2.04 bits per heavy atom. The fourth-order valence-corrected chi connectivity index (χ4v) is 8.08. The second kappa shape index (κ2) is 9.36. The summed E-state index contributed by atoms with van der Waals surface area (Å²) in [5, 5.41) is 6.92. The molecule has 0 radical (unpaired) electrons. The van der Waals surface area contributed by atoms with Crippen molar-refractivity contribution in [3.8, 4) is 28.3 Å². The Morgan fingerprint density at radius 1 is 0.489 bits per heavy atom. The van der Waals surface area contributed by atoms with E-state index in [0.717, 1.165) is 44.2 Å². The average molecular weight is 594 g/mol. The first-order valence-corrected chi connectivity index (χ1v) is 15.8. The number of rotatable bonds is 3. The van der Waals surface area contributed by atoms with E-state index in [1.807, 2.05) is 35.6 Å². The molecule has 0 saturated heterocycles. The number of benzene rings is 6. The number of thiophene rings is 1. The number of aromatic nitrogens is 3. The Balaban J connectivity index is 1.28. The number of hydrogen-bond donors (Lipinski definition) is 0. The van der Waals surface area contributed by atoms with E-state index in [0.29, 0.717) is 11.7 Å². The van der Waals surface area contributed by atoms with E-state index in [9.17, 15) is 0 Å². The summed E-state index contributed by atoms with van der Waals surface area (Å²) in [7, 11) is 0. The first-order chi connectivity index (χ1) is 22.3. The summed E-state index contributed by atoms with van der Waals surface area (Å²) in [6.45, 7) is 0. The Hall–Kier alpha value is -5.78. The van der Waals surface area contributed by atoms with E-state index in [1.165, 1.54) is 36.5 Å². The van der Waals surface area contributed by atoms with Crippen LogP contribution in [0.5, 0.6) is 0 Å². The Labute approximate surface area is 261 Å². The van der Waals surface area contributed by atoms with E-state index in [-0.39, 0.29) is 0 Å². The number of nitrogens with zero attached hydrogens (tertiary/aromatic N) is 3. The minimum absolute atomic E-state index is 0.581. The Bertz CT molecular complexity index is 2750. The van der Waals surface area contributed by atoms with Crippen molar-refractivity contribution >= 4 is 75.4 Å². The van der Waals surface area contributed by atoms with Gasteiger partial charge in [-0.2, -0.15) is 4.98 Å². The molecule has 0 unspecified atom stereocenters. The lowest BCUT2D eigenvalue weighted by molar-refractivity contribution is 0.651. The normalized spacial score (nSPS) is 12.0. The predicted molar refractivity (Wildman–Crippen MR) is 187 cm³/mol. The van der Waals surface area contributed by atoms with Gasteiger partial charge in [-0.25, -0.2) is 4.98 Å². The first-order valence-electron chi connectivity index (χ1n) is 15.0. The van der Waals surface area contributed by atoms with Crippen molar-refractivity contribution in [2.75, 3.05) is 0 Å². The van der Waals surface area contributed by atoms with E-state index in [4.69, 9.17) is 14.4 Å². The lowest BCUT2D eigenvalue weighted by Crippen LogP contribution is -2.02. The fraction of sp³-hybridized carbons (Fsp3) is 0. The van der Waals surface area contributed by atoms with Gasteiger partial charge in [0.2, 0.25) is 11.7 Å². The molecule has 4 nitrogen and oxygen atoms in total. The number of fused-ring (bicyclic) bond motifs is 10. The average Bonchev–Trinajstić information content (AvgIpc) is 3.77. The third-order valence-electron chi connectivity index (χ3n) is 8.87. The molecule has 5 heteroatoms. The van der Waals surface area contributed by atoms with Gasteiger partial charge in [0.15, 0.2) is 0 Å². The molecular weight excluding hydrogens is 571 g/mol. The zero-order chi connectivity index (χ0) is 29.5. The lowest BCUT2D eigenvalue weighted by Gasteiger charge is -2.10. The van der Waals surface area contributed by atoms with Crippen molar-refractivity contribution in [1.82, 2.24) is 14.5 Å². The van der Waals surface area contributed by atoms with Crippen LogP contribution >= 0.6 is 11.3 Å². The third-order valence-corrected chi connectivity index (χ3v) is 10.1. The predicted octanol–water partition coefficient (Wildman–Crippen LogP) is 11.2. The fourth-order valence-electron chi connectivity index (χ4n) is 6.82. The Kier molecular flexibility index (Phi) is 5.12. The molecule has 4 aromatic heterocycles. The van der Waals surface area contributed by atoms with Crippen LogP contribution in [-0.2, 0) is 0 Å². The maximum atomic E-state index is 6.42. The molecule has 10 aromatic rings. The van der Waals surface area contributed by atoms with Gasteiger partial charge >= 0.3 is 0 Å². The van der Waals surface area contributed by atoms with Crippen LogP contribution in [0.15, 0.2) is 144 Å². The number of furan rings is 1. The molecule has 0 aliphatic carbocycles. The highest BCUT2D eigenvalue weighted by molar-refractivity contribution is 7.26. The summed E-state index contributed by atoms with van der Waals surface area (Å²) >= 11 is 1.85. The van der Waals surface area contributed by atoms with Crippen molar-refractivity contribution < 1.29 is 4.42 Å². The topological polar surface area (TPSA) is 43.9 Å². The van der Waals surface area contributed by atoms with Crippen molar-refractivity contribution in [3.63, 3.8) is 0 Å². The first kappa shape index (κ1) is 24.6. The molecule has 0 N–H and O–H groups in total. The van der Waals surface area contributed by atoms with Gasteiger partial charge in [0.05, 0.1) is 22.1 Å². The molecule has 0 spiro atoms. The maximum absolute atomic E-state index is 6.42. The largest absolute Gasteiger partial charge is 0.437 e. The maximum Gasteiger partial charge on any atom is 0.238 e. The van der Waals surface area contributed by atoms with Crippen molar-refractivity contribution in [2.24, 2.45) is 0 Å². The molecule has 10 rings (SSSR count). The van der Waals surface area contributed by atoms with Gasteiger partial charge in [-0.3, -0.25) is 4.57 Å². The van der Waals surface area contributed by atoms with Crippen LogP contribution in [0.2, 0.25) is 0 Å². The van der Waals surface area contributed by atoms with Gasteiger partial charge in [-0.15, -0.1) is 11.3 Å². The van der Waals surface area contributed by atoms with Gasteiger partial charge in [-0.1, -0.05) is 115 Å². The molecule has 0 fully saturated rings. The van der Waals surface area contributed by atoms with Gasteiger partial charge in [0.1, 0.15) is 5.58 Å². The summed E-state index contributed by atoms with van der Waals surface area (Å²) < 4.78 is 11.2. The number of para-hydroxylation sites is 2. The summed E-state index contributed by atoms with van der Waals surface area (Å²) in [6, 6.07) is 48.9. The van der Waals surface area contributed by atoms with Gasteiger partial charge < -0.3 is 4.42 Å². The number of hydrogen-bond acceptors (Lipinski definition) is 4. The van der Waals surface area contributed by atoms with E-state index in [1.54, 1.807) is 0 Å². The summed E-state index contributed by atoms with van der Waals surface area (Å²) in [6.07, 6.45) is 0. The van der Waals surface area contributed by atoms with Crippen LogP contribution in [0.1, 0.15) is 0 Å². The molecule has 0 aliphatic rings. The van der Waals surface area contributed by atoms with Gasteiger partial charge in [-0.05, 0) is 35.4 Å². The molecule has 0 saturated carbocycles. The van der Waals surface area contributed by atoms with Crippen LogP contribution in [0.4, 0.5) is 0 Å². The summed E-state index contributed by atoms with van der Waals surface area (Å²) in [4.78, 5) is 10.5. The van der Waals surface area contributed by atoms with Gasteiger partial charge in [0, 0.05) is 41.9 Å². The van der Waals surface area contributed by atoms with Crippen molar-refractivity contribution in [2.45, 2.75) is 0 Å². The minimum Gasteiger partial charge on any atom is -0.437 e. The SMILES string of the molecule is c1ccc(-c2ccc(-c3nc(-n4c5ccccc5c5c6sc7ccccc7c6ccc54)nc4oc5ccccc5c34)cc2)cc1. The van der Waals surface area contributed by atoms with Crippen molar-refractivity contribution in [1.29, 1.82) is 0 Å². The molecule has 0 aliphatic heterocycles. The van der Waals surface area contributed by atoms with Crippen LogP contribution in [-0.4, -0.2) is 14.5 Å². The summed E-state index contributed by atoms with van der Waals surface area (Å²) in [5.41, 5.74) is 7.75. The quantitative estimate of drug-likeness (QED) is 0.205. The Morgan fingerprint density at radius 2 is 1.18 bits per heavy atom. The summed E-state index contributed by atoms with van der Waals surface area (Å²) in [5.74, 6) is 0.593. The standard InChI is InChI=1S/C40H23N3OS/c1-2-10-24(11-3-1)25-18-20-26(21-19-25)37-36-30-14-5-8-16-33(30)44-39(36)42-40(41-37)43-31-15-7-4-13-29(31)35-32(43)23-22-28-27-12-6-9-17-34(27)45-38(28)35/h1-23H. The van der Waals surface area contributed by atoms with E-state index < -0.39 is 0 Å². The van der Waals surface area contributed by atoms with E-state index >= 15 is 0 Å². The molecule has 0 bridgehead atoms. The molecule has 210 valence electrons. The highest BCUT2D eigenvalue weighted by atomic mass is 32.1. The highest BCUT2D eigenvalue weighted by Crippen LogP contribution is 2.43. The zero-order valence-electron chi connectivity index (χ0n) is 23.9. The highest BCUT2D eigenvalue weighted by Gasteiger charge is 2.22. The second-order valence-electron chi connectivity index (χ2n) is 11.4. The molecule has 4 heterocycles. The lowest BCUT2D eigenvalue weighted by atomic mass is 10.0. The van der Waals surface area contributed by atoms with E-state index in [2.05, 4.69) is 120 Å². The molecule has 6 aromatic carbocycles. The molecule has 0 amide bonds. The van der Waals surface area contributed by atoms with Crippen LogP contribution in [0.25, 0.3) is 92.4 Å². The molecule has 0 atom stereocenters. The molecule has 45 heavy (non-hydrogen) atoms. The minimum atomic E-state index is 0.581. The second-order valence-corrected chi connectivity index (χ2v) is 12.4. The molecular formula is C40H23N3OS. The van der Waals surface area contributed by atoms with Gasteiger partial charge in [0.25, 0.3) is 0 Å². The monoisotopic (exact) mass is 593 g/mol. The smallest absolute Gasteiger partial charge is 0.238 e. The van der Waals surface area contributed by atoms with Crippen molar-refractivity contribution in [3.05, 3.63) is 140 Å².